The van der Waals surface area contributed by atoms with Crippen molar-refractivity contribution in [3.8, 4) is 22.6 Å². The lowest BCUT2D eigenvalue weighted by molar-refractivity contribution is 0.0937. The zero-order chi connectivity index (χ0) is 21.9. The van der Waals surface area contributed by atoms with Crippen molar-refractivity contribution in [2.75, 3.05) is 37.6 Å². The molecule has 0 N–H and O–H groups in total. The van der Waals surface area contributed by atoms with Gasteiger partial charge in [-0.05, 0) is 60.2 Å². The Morgan fingerprint density at radius 1 is 1.03 bits per heavy atom. The van der Waals surface area contributed by atoms with Crippen LogP contribution in [-0.4, -0.2) is 42.9 Å². The van der Waals surface area contributed by atoms with Crippen molar-refractivity contribution in [1.29, 1.82) is 0 Å². The van der Waals surface area contributed by atoms with Crippen LogP contribution in [0.1, 0.15) is 16.8 Å². The van der Waals surface area contributed by atoms with E-state index in [0.29, 0.717) is 17.2 Å². The standard InChI is InChI=1S/C26H26N2O3S/c1-32-27-14-13-19(16-27)17-30-23-10-8-22(9-11-23)28-18-31-25-15-21(7-12-24(25)26(28)29)20-5-3-2-4-6-20/h2-12,15,19H,13-14,16-18H2,1H3. The maximum Gasteiger partial charge on any atom is 0.264 e. The number of carbonyl (C=O) groups is 1. The molecule has 2 heterocycles. The van der Waals surface area contributed by atoms with Gasteiger partial charge >= 0.3 is 0 Å². The summed E-state index contributed by atoms with van der Waals surface area (Å²) in [6.45, 7) is 3.11. The van der Waals surface area contributed by atoms with E-state index in [1.165, 1.54) is 6.42 Å². The molecule has 164 valence electrons. The SMILES string of the molecule is CSN1CCC(COc2ccc(N3COc4cc(-c5ccccc5)ccc4C3=O)cc2)C1. The summed E-state index contributed by atoms with van der Waals surface area (Å²) < 4.78 is 14.3. The van der Waals surface area contributed by atoms with Crippen LogP contribution in [-0.2, 0) is 0 Å². The van der Waals surface area contributed by atoms with Gasteiger partial charge in [-0.2, -0.15) is 0 Å². The Morgan fingerprint density at radius 3 is 2.59 bits per heavy atom. The highest BCUT2D eigenvalue weighted by atomic mass is 32.2. The minimum Gasteiger partial charge on any atom is -0.493 e. The van der Waals surface area contributed by atoms with Crippen LogP contribution in [0.2, 0.25) is 0 Å². The van der Waals surface area contributed by atoms with Gasteiger partial charge in [0, 0.05) is 24.7 Å². The third-order valence-corrected chi connectivity index (χ3v) is 6.90. The van der Waals surface area contributed by atoms with E-state index in [1.54, 1.807) is 16.8 Å². The van der Waals surface area contributed by atoms with Gasteiger partial charge in [0.1, 0.15) is 11.5 Å². The molecule has 2 aliphatic heterocycles. The maximum absolute atomic E-state index is 13.1. The van der Waals surface area contributed by atoms with Gasteiger partial charge in [-0.3, -0.25) is 14.0 Å². The first kappa shape index (κ1) is 20.9. The van der Waals surface area contributed by atoms with Gasteiger partial charge < -0.3 is 9.47 Å². The van der Waals surface area contributed by atoms with E-state index in [2.05, 4.69) is 10.6 Å². The molecule has 1 saturated heterocycles. The van der Waals surface area contributed by atoms with Crippen molar-refractivity contribution in [3.63, 3.8) is 0 Å². The van der Waals surface area contributed by atoms with Crippen molar-refractivity contribution in [3.05, 3.63) is 78.4 Å². The van der Waals surface area contributed by atoms with Crippen LogP contribution in [0.4, 0.5) is 5.69 Å². The summed E-state index contributed by atoms with van der Waals surface area (Å²) in [5.74, 6) is 1.97. The fraction of sp³-hybridized carbons (Fsp3) is 0.269. The Balaban J connectivity index is 1.25. The summed E-state index contributed by atoms with van der Waals surface area (Å²) in [7, 11) is 0. The third kappa shape index (κ3) is 4.33. The first-order chi connectivity index (χ1) is 15.7. The number of hydrogen-bond acceptors (Lipinski definition) is 5. The summed E-state index contributed by atoms with van der Waals surface area (Å²) in [6, 6.07) is 23.6. The normalized spacial score (nSPS) is 18.3. The number of fused-ring (bicyclic) bond motifs is 1. The Morgan fingerprint density at radius 2 is 1.84 bits per heavy atom. The number of hydrogen-bond donors (Lipinski definition) is 0. The Bertz CT molecular complexity index is 1090. The Labute approximate surface area is 193 Å². The minimum atomic E-state index is -0.0531. The molecule has 3 aromatic carbocycles. The molecule has 6 heteroatoms. The van der Waals surface area contributed by atoms with Crippen molar-refractivity contribution in [2.24, 2.45) is 5.92 Å². The summed E-state index contributed by atoms with van der Waals surface area (Å²) in [5, 5.41) is 0. The van der Waals surface area contributed by atoms with E-state index in [0.717, 1.165) is 42.3 Å². The topological polar surface area (TPSA) is 42.0 Å². The van der Waals surface area contributed by atoms with Crippen molar-refractivity contribution in [2.45, 2.75) is 6.42 Å². The molecule has 32 heavy (non-hydrogen) atoms. The van der Waals surface area contributed by atoms with Crippen LogP contribution >= 0.6 is 11.9 Å². The number of carbonyl (C=O) groups excluding carboxylic acids is 1. The number of ether oxygens (including phenoxy) is 2. The van der Waals surface area contributed by atoms with Crippen LogP contribution in [0, 0.1) is 5.92 Å². The zero-order valence-electron chi connectivity index (χ0n) is 18.1. The molecule has 1 atom stereocenters. The van der Waals surface area contributed by atoms with Gasteiger partial charge in [-0.1, -0.05) is 48.3 Å². The number of rotatable bonds is 6. The fourth-order valence-corrected chi connectivity index (χ4v) is 4.84. The van der Waals surface area contributed by atoms with Gasteiger partial charge in [0.25, 0.3) is 5.91 Å². The lowest BCUT2D eigenvalue weighted by Crippen LogP contribution is -2.38. The highest BCUT2D eigenvalue weighted by Crippen LogP contribution is 2.33. The second-order valence-corrected chi connectivity index (χ2v) is 9.00. The number of amides is 1. The van der Waals surface area contributed by atoms with Gasteiger partial charge in [-0.25, -0.2) is 0 Å². The number of anilines is 1. The van der Waals surface area contributed by atoms with E-state index < -0.39 is 0 Å². The lowest BCUT2D eigenvalue weighted by Gasteiger charge is -2.29. The number of nitrogens with zero attached hydrogens (tertiary/aromatic N) is 2. The smallest absolute Gasteiger partial charge is 0.264 e. The summed E-state index contributed by atoms with van der Waals surface area (Å²) >= 11 is 1.80. The van der Waals surface area contributed by atoms with E-state index in [-0.39, 0.29) is 12.6 Å². The molecule has 3 aromatic rings. The molecule has 0 aromatic heterocycles. The van der Waals surface area contributed by atoms with Crippen LogP contribution in [0.5, 0.6) is 11.5 Å². The Kier molecular flexibility index (Phi) is 6.06. The molecule has 0 spiro atoms. The molecule has 5 rings (SSSR count). The molecule has 0 aliphatic carbocycles. The van der Waals surface area contributed by atoms with Gasteiger partial charge in [0.15, 0.2) is 6.73 Å². The first-order valence-electron chi connectivity index (χ1n) is 10.9. The van der Waals surface area contributed by atoms with Crippen LogP contribution < -0.4 is 14.4 Å². The van der Waals surface area contributed by atoms with Gasteiger partial charge in [0.05, 0.1) is 12.2 Å². The van der Waals surface area contributed by atoms with Crippen LogP contribution in [0.15, 0.2) is 72.8 Å². The second-order valence-electron chi connectivity index (χ2n) is 8.11. The molecule has 1 fully saturated rings. The third-order valence-electron chi connectivity index (χ3n) is 6.05. The first-order valence-corrected chi connectivity index (χ1v) is 12.1. The molecule has 1 unspecified atom stereocenters. The highest BCUT2D eigenvalue weighted by Gasteiger charge is 2.27. The monoisotopic (exact) mass is 446 g/mol. The zero-order valence-corrected chi connectivity index (χ0v) is 18.9. The van der Waals surface area contributed by atoms with Crippen LogP contribution in [0.3, 0.4) is 0 Å². The molecular formula is C26H26N2O3S. The molecule has 0 radical (unpaired) electrons. The molecule has 0 saturated carbocycles. The van der Waals surface area contributed by atoms with Crippen molar-refractivity contribution in [1.82, 2.24) is 4.31 Å². The fourth-order valence-electron chi connectivity index (χ4n) is 4.19. The summed E-state index contributed by atoms with van der Waals surface area (Å²) in [6.07, 6.45) is 3.29. The highest BCUT2D eigenvalue weighted by molar-refractivity contribution is 7.96. The molecule has 1 amide bonds. The quantitative estimate of drug-likeness (QED) is 0.479. The lowest BCUT2D eigenvalue weighted by atomic mass is 10.0. The molecule has 0 bridgehead atoms. The summed E-state index contributed by atoms with van der Waals surface area (Å²) in [5.41, 5.74) is 3.52. The van der Waals surface area contributed by atoms with Crippen LogP contribution in [0.25, 0.3) is 11.1 Å². The average Bonchev–Trinajstić information content (AvgIpc) is 3.32. The second kappa shape index (κ2) is 9.27. The molecule has 5 nitrogen and oxygen atoms in total. The van der Waals surface area contributed by atoms with Crippen molar-refractivity contribution >= 4 is 23.5 Å². The molecular weight excluding hydrogens is 420 g/mol. The van der Waals surface area contributed by atoms with Gasteiger partial charge in [-0.15, -0.1) is 0 Å². The minimum absolute atomic E-state index is 0.0531. The number of benzene rings is 3. The Hall–Kier alpha value is -2.96. The van der Waals surface area contributed by atoms with Gasteiger partial charge in [0.2, 0.25) is 0 Å². The predicted molar refractivity (Wildman–Crippen MR) is 129 cm³/mol. The largest absolute Gasteiger partial charge is 0.493 e. The summed E-state index contributed by atoms with van der Waals surface area (Å²) in [4.78, 5) is 14.8. The van der Waals surface area contributed by atoms with E-state index in [9.17, 15) is 4.79 Å². The molecule has 2 aliphatic rings. The maximum atomic E-state index is 13.1. The average molecular weight is 447 g/mol. The van der Waals surface area contributed by atoms with E-state index in [1.807, 2.05) is 72.8 Å². The van der Waals surface area contributed by atoms with E-state index in [4.69, 9.17) is 9.47 Å². The van der Waals surface area contributed by atoms with Crippen molar-refractivity contribution < 1.29 is 14.3 Å². The van der Waals surface area contributed by atoms with E-state index >= 15 is 0 Å². The predicted octanol–water partition coefficient (Wildman–Crippen LogP) is 5.33.